The van der Waals surface area contributed by atoms with Crippen LogP contribution in [0.3, 0.4) is 0 Å². The SMILES string of the molecule is CC(=NNC(=O)C1c2ccccc2Oc2ccccc21)c1cccc(NC(=O)c2ccc(Br)o2)c1. The Bertz CT molecular complexity index is 1410. The molecule has 2 heterocycles. The van der Waals surface area contributed by atoms with Gasteiger partial charge < -0.3 is 14.5 Å². The van der Waals surface area contributed by atoms with Crippen molar-refractivity contribution >= 4 is 39.1 Å². The summed E-state index contributed by atoms with van der Waals surface area (Å²) < 4.78 is 11.7. The third kappa shape index (κ3) is 4.74. The van der Waals surface area contributed by atoms with Crippen molar-refractivity contribution in [1.29, 1.82) is 0 Å². The molecule has 35 heavy (non-hydrogen) atoms. The zero-order chi connectivity index (χ0) is 24.4. The number of furan rings is 1. The lowest BCUT2D eigenvalue weighted by Crippen LogP contribution is -2.29. The predicted molar refractivity (Wildman–Crippen MR) is 136 cm³/mol. The summed E-state index contributed by atoms with van der Waals surface area (Å²) in [5.41, 5.74) is 6.18. The number of nitrogens with zero attached hydrogens (tertiary/aromatic N) is 1. The van der Waals surface area contributed by atoms with Crippen molar-refractivity contribution in [2.24, 2.45) is 5.10 Å². The van der Waals surface area contributed by atoms with Crippen LogP contribution in [0, 0.1) is 0 Å². The lowest BCUT2D eigenvalue weighted by molar-refractivity contribution is -0.121. The molecular formula is C27H20BrN3O4. The van der Waals surface area contributed by atoms with E-state index in [1.807, 2.05) is 54.6 Å². The van der Waals surface area contributed by atoms with Crippen LogP contribution in [-0.2, 0) is 4.79 Å². The standard InChI is InChI=1S/C27H20BrN3O4/c1-16(17-7-6-8-18(15-17)29-26(32)23-13-14-24(28)35-23)30-31-27(33)25-19-9-2-4-11-21(19)34-22-12-5-3-10-20(22)25/h2-15,25H,1H3,(H,29,32)(H,31,33). The van der Waals surface area contributed by atoms with Crippen molar-refractivity contribution in [3.8, 4) is 11.5 Å². The topological polar surface area (TPSA) is 92.9 Å². The largest absolute Gasteiger partial charge is 0.457 e. The molecule has 4 aromatic rings. The molecule has 0 atom stereocenters. The van der Waals surface area contributed by atoms with Gasteiger partial charge in [0.15, 0.2) is 10.4 Å². The number of hydrogen-bond acceptors (Lipinski definition) is 5. The molecule has 0 fully saturated rings. The van der Waals surface area contributed by atoms with Gasteiger partial charge in [0.1, 0.15) is 11.5 Å². The maximum atomic E-state index is 13.3. The number of carbonyl (C=O) groups excluding carboxylic acids is 2. The molecule has 2 amide bonds. The summed E-state index contributed by atoms with van der Waals surface area (Å²) in [6, 6.07) is 25.4. The summed E-state index contributed by atoms with van der Waals surface area (Å²) in [7, 11) is 0. The van der Waals surface area contributed by atoms with Crippen molar-refractivity contribution in [2.75, 3.05) is 5.32 Å². The number of para-hydroxylation sites is 2. The van der Waals surface area contributed by atoms with Gasteiger partial charge in [-0.15, -0.1) is 0 Å². The molecule has 0 aliphatic carbocycles. The monoisotopic (exact) mass is 529 g/mol. The number of hydrogen-bond donors (Lipinski definition) is 2. The van der Waals surface area contributed by atoms with Gasteiger partial charge in [0.05, 0.1) is 11.6 Å². The van der Waals surface area contributed by atoms with Gasteiger partial charge in [-0.1, -0.05) is 48.5 Å². The molecule has 1 aliphatic heterocycles. The number of fused-ring (bicyclic) bond motifs is 2. The Kier molecular flexibility index (Phi) is 6.20. The molecule has 174 valence electrons. The minimum absolute atomic E-state index is 0.192. The van der Waals surface area contributed by atoms with Gasteiger partial charge in [0.25, 0.3) is 11.8 Å². The number of rotatable bonds is 5. The molecule has 8 heteroatoms. The van der Waals surface area contributed by atoms with Crippen molar-refractivity contribution in [2.45, 2.75) is 12.8 Å². The summed E-state index contributed by atoms with van der Waals surface area (Å²) >= 11 is 3.19. The number of halogens is 1. The van der Waals surface area contributed by atoms with E-state index in [-0.39, 0.29) is 17.6 Å². The van der Waals surface area contributed by atoms with Gasteiger partial charge in [-0.05, 0) is 64.8 Å². The number of hydrazone groups is 1. The number of ether oxygens (including phenoxy) is 1. The molecular weight excluding hydrogens is 510 g/mol. The molecule has 2 N–H and O–H groups in total. The van der Waals surface area contributed by atoms with E-state index < -0.39 is 5.92 Å². The van der Waals surface area contributed by atoms with Crippen molar-refractivity contribution in [1.82, 2.24) is 5.43 Å². The minimum Gasteiger partial charge on any atom is -0.457 e. The third-order valence-corrected chi connectivity index (χ3v) is 6.04. The summed E-state index contributed by atoms with van der Waals surface area (Å²) in [6.07, 6.45) is 0. The number of carbonyl (C=O) groups is 2. The van der Waals surface area contributed by atoms with Crippen LogP contribution in [0.15, 0.2) is 99.1 Å². The zero-order valence-corrected chi connectivity index (χ0v) is 20.2. The van der Waals surface area contributed by atoms with Gasteiger partial charge in [-0.3, -0.25) is 9.59 Å². The van der Waals surface area contributed by atoms with Crippen LogP contribution in [0.1, 0.15) is 40.1 Å². The second kappa shape index (κ2) is 9.60. The lowest BCUT2D eigenvalue weighted by Gasteiger charge is -2.26. The highest BCUT2D eigenvalue weighted by molar-refractivity contribution is 9.10. The maximum absolute atomic E-state index is 13.3. The first-order valence-corrected chi connectivity index (χ1v) is 11.7. The maximum Gasteiger partial charge on any atom is 0.291 e. The van der Waals surface area contributed by atoms with E-state index in [9.17, 15) is 9.59 Å². The molecule has 0 radical (unpaired) electrons. The number of amides is 2. The Morgan fingerprint density at radius 1 is 0.886 bits per heavy atom. The smallest absolute Gasteiger partial charge is 0.291 e. The Labute approximate surface area is 209 Å². The lowest BCUT2D eigenvalue weighted by atomic mass is 9.87. The number of anilines is 1. The molecule has 0 saturated heterocycles. The number of benzene rings is 3. The second-order valence-electron chi connectivity index (χ2n) is 7.92. The van der Waals surface area contributed by atoms with E-state index in [0.29, 0.717) is 27.6 Å². The van der Waals surface area contributed by atoms with E-state index in [4.69, 9.17) is 9.15 Å². The highest BCUT2D eigenvalue weighted by atomic mass is 79.9. The fourth-order valence-corrected chi connectivity index (χ4v) is 4.22. The molecule has 0 unspecified atom stereocenters. The predicted octanol–water partition coefficient (Wildman–Crippen LogP) is 6.07. The van der Waals surface area contributed by atoms with Crippen molar-refractivity contribution in [3.63, 3.8) is 0 Å². The summed E-state index contributed by atoms with van der Waals surface area (Å²) in [6.45, 7) is 1.79. The highest BCUT2D eigenvalue weighted by Crippen LogP contribution is 2.43. The summed E-state index contributed by atoms with van der Waals surface area (Å²) in [5, 5.41) is 7.13. The van der Waals surface area contributed by atoms with Gasteiger partial charge in [-0.2, -0.15) is 5.10 Å². The fourth-order valence-electron chi connectivity index (χ4n) is 3.91. The van der Waals surface area contributed by atoms with Gasteiger partial charge in [0, 0.05) is 16.8 Å². The van der Waals surface area contributed by atoms with Crippen LogP contribution < -0.4 is 15.5 Å². The first-order valence-electron chi connectivity index (χ1n) is 10.9. The van der Waals surface area contributed by atoms with Crippen LogP contribution in [0.2, 0.25) is 0 Å². The third-order valence-electron chi connectivity index (χ3n) is 5.61. The van der Waals surface area contributed by atoms with Crippen molar-refractivity contribution < 1.29 is 18.7 Å². The van der Waals surface area contributed by atoms with E-state index in [1.165, 1.54) is 0 Å². The molecule has 7 nitrogen and oxygen atoms in total. The first-order chi connectivity index (χ1) is 17.0. The minimum atomic E-state index is -0.550. The second-order valence-corrected chi connectivity index (χ2v) is 8.70. The zero-order valence-electron chi connectivity index (χ0n) is 18.6. The molecule has 0 bridgehead atoms. The van der Waals surface area contributed by atoms with Crippen LogP contribution in [0.4, 0.5) is 5.69 Å². The van der Waals surface area contributed by atoms with Crippen LogP contribution >= 0.6 is 15.9 Å². The highest BCUT2D eigenvalue weighted by Gasteiger charge is 2.32. The van der Waals surface area contributed by atoms with Gasteiger partial charge >= 0.3 is 0 Å². The Balaban J connectivity index is 1.34. The van der Waals surface area contributed by atoms with Gasteiger partial charge in [0.2, 0.25) is 0 Å². The fraction of sp³-hybridized carbons (Fsp3) is 0.0741. The Hall–Kier alpha value is -4.17. The molecule has 5 rings (SSSR count). The summed E-state index contributed by atoms with van der Waals surface area (Å²) in [4.78, 5) is 25.7. The first kappa shape index (κ1) is 22.6. The van der Waals surface area contributed by atoms with E-state index >= 15 is 0 Å². The molecule has 1 aliphatic rings. The average Bonchev–Trinajstić information content (AvgIpc) is 3.32. The van der Waals surface area contributed by atoms with E-state index in [1.54, 1.807) is 37.3 Å². The van der Waals surface area contributed by atoms with Crippen LogP contribution in [-0.4, -0.2) is 17.5 Å². The van der Waals surface area contributed by atoms with E-state index in [0.717, 1.165) is 16.7 Å². The summed E-state index contributed by atoms with van der Waals surface area (Å²) in [5.74, 6) is 0.314. The van der Waals surface area contributed by atoms with E-state index in [2.05, 4.69) is 31.8 Å². The Morgan fingerprint density at radius 2 is 1.57 bits per heavy atom. The van der Waals surface area contributed by atoms with Crippen LogP contribution in [0.25, 0.3) is 0 Å². The Morgan fingerprint density at radius 3 is 2.23 bits per heavy atom. The normalized spacial score (nSPS) is 12.8. The molecule has 0 saturated carbocycles. The number of nitrogens with one attached hydrogen (secondary N) is 2. The van der Waals surface area contributed by atoms with Crippen molar-refractivity contribution in [3.05, 3.63) is 112 Å². The quantitative estimate of drug-likeness (QED) is 0.242. The van der Waals surface area contributed by atoms with Crippen LogP contribution in [0.5, 0.6) is 11.5 Å². The molecule has 3 aromatic carbocycles. The van der Waals surface area contributed by atoms with Gasteiger partial charge in [-0.25, -0.2) is 5.43 Å². The molecule has 0 spiro atoms. The molecule has 1 aromatic heterocycles. The average molecular weight is 530 g/mol.